The molecule has 17 rings (SSSR count). The molecule has 5 fully saturated rings. The Morgan fingerprint density at radius 2 is 0.763 bits per heavy atom. The lowest BCUT2D eigenvalue weighted by atomic mass is 9.91. The largest absolute Gasteiger partial charge is 0.387 e. The molecule has 520 valence electrons. The third-order valence-electron chi connectivity index (χ3n) is 18.6. The molecule has 2 N–H and O–H groups in total. The summed E-state index contributed by atoms with van der Waals surface area (Å²) < 4.78 is 112. The molecule has 3 aromatic carbocycles. The van der Waals surface area contributed by atoms with E-state index in [4.69, 9.17) is 93.8 Å². The minimum Gasteiger partial charge on any atom is -0.387 e. The van der Waals surface area contributed by atoms with E-state index in [9.17, 15) is 23.4 Å². The first kappa shape index (κ1) is 72.2. The van der Waals surface area contributed by atoms with E-state index >= 15 is 0 Å². The zero-order valence-electron chi connectivity index (χ0n) is 50.7. The Hall–Kier alpha value is -6.01. The third-order valence-corrected chi connectivity index (χ3v) is 19.7. The van der Waals surface area contributed by atoms with Crippen molar-refractivity contribution in [3.8, 4) is 0 Å². The van der Waals surface area contributed by atoms with Crippen molar-refractivity contribution in [1.82, 2.24) is 43.6 Å². The molecule has 0 aliphatic carbocycles. The van der Waals surface area contributed by atoms with Gasteiger partial charge in [0.1, 0.15) is 132 Å². The van der Waals surface area contributed by atoms with Gasteiger partial charge in [0.2, 0.25) is 0 Å². The summed E-state index contributed by atoms with van der Waals surface area (Å²) in [5.74, 6) is -2.88. The summed E-state index contributed by atoms with van der Waals surface area (Å²) in [5.41, 5.74) is 7.30. The maximum Gasteiger partial charge on any atom is 0.164 e. The van der Waals surface area contributed by atoms with Gasteiger partial charge in [-0.2, -0.15) is 0 Å². The Bertz CT molecular complexity index is 4210. The van der Waals surface area contributed by atoms with E-state index in [0.717, 1.165) is 38.9 Å². The predicted molar refractivity (Wildman–Crippen MR) is 357 cm³/mol. The second kappa shape index (κ2) is 27.8. The molecule has 0 bridgehead atoms. The molecule has 8 aliphatic heterocycles. The van der Waals surface area contributed by atoms with E-state index in [-0.39, 0.29) is 57.5 Å². The number of halogens is 7. The van der Waals surface area contributed by atoms with Crippen LogP contribution in [-0.2, 0) is 66.6 Å². The number of hydrogen-bond acceptors (Lipinski definition) is 18. The summed E-state index contributed by atoms with van der Waals surface area (Å²) in [5, 5.41) is 24.6. The number of ether oxygens (including phenoxy) is 10. The summed E-state index contributed by atoms with van der Waals surface area (Å²) in [7, 11) is 0. The molecule has 97 heavy (non-hydrogen) atoms. The van der Waals surface area contributed by atoms with Gasteiger partial charge in [-0.3, -0.25) is 0 Å². The van der Waals surface area contributed by atoms with E-state index in [1.54, 1.807) is 41.4 Å². The van der Waals surface area contributed by atoms with Crippen LogP contribution in [0.3, 0.4) is 0 Å². The fourth-order valence-corrected chi connectivity index (χ4v) is 15.1. The molecular weight excluding hydrogens is 1350 g/mol. The molecule has 5 saturated heterocycles. The molecule has 14 heterocycles. The standard InChI is InChI=1S/C23H23ClFN3O4.C22H20Cl2FN3O4.C20H19ClFN3O4.4CH4/c1-11-12-6-8-28(21(12)27-10-26-11)22-20-19(31-23(2,3)32-20)18(30-22)17-14-4-5-15(24)16(25)13(14)7-9-29-17;1-22(2)31-17-16(15-11-3-4-13(23)14(25)10(11)6-8-29-15)30-21(18(17)32-22)28-7-5-12-19(24)26-9-27-20(12)28;1-9-10-4-6-25(19(10)24-8-23-9)20-16(27)15(26)18(29-20)17-12-2-3-13(21)14(22)11(12)5-7-28-17;;;;/h4-6,8,10,17-20,22H,7,9H2,1-3H3;3-5,7,9,15-18,21H,6,8H2,1-2H3;2-4,6,8,15-18,20,26-27H,5,7H2,1H3;4*1H4/t17-,18-,19-,20-,22-;15-,16-,17-,18-,21-;15-,16+,17+,18-,20+;;;;/m110..../s1. The first-order valence-electron chi connectivity index (χ1n) is 30.5. The van der Waals surface area contributed by atoms with E-state index in [1.165, 1.54) is 18.7 Å². The zero-order valence-corrected chi connectivity index (χ0v) is 53.7. The number of aliphatic hydroxyl groups is 2. The van der Waals surface area contributed by atoms with Gasteiger partial charge < -0.3 is 71.3 Å². The lowest BCUT2D eigenvalue weighted by molar-refractivity contribution is -0.212. The quantitative estimate of drug-likeness (QED) is 0.148. The molecule has 0 saturated carbocycles. The first-order valence-corrected chi connectivity index (χ1v) is 32.0. The first-order chi connectivity index (χ1) is 44.6. The van der Waals surface area contributed by atoms with Crippen LogP contribution in [-0.4, -0.2) is 140 Å². The molecule has 0 unspecified atom stereocenters. The average molecular weight is 1420 g/mol. The fraction of sp³-hybridized carbons (Fsp3) is 0.478. The lowest BCUT2D eigenvalue weighted by Gasteiger charge is -2.33. The summed E-state index contributed by atoms with van der Waals surface area (Å²) in [6.07, 6.45) is 1.58. The topological polar surface area (TPSA) is 225 Å². The van der Waals surface area contributed by atoms with Gasteiger partial charge in [-0.1, -0.05) is 94.3 Å². The minimum absolute atomic E-state index is 0. The molecular formula is C69H78Cl4F3N9O12. The van der Waals surface area contributed by atoms with Gasteiger partial charge in [0.05, 0.1) is 51.7 Å². The van der Waals surface area contributed by atoms with E-state index in [2.05, 4.69) is 29.9 Å². The van der Waals surface area contributed by atoms with E-state index in [0.29, 0.717) is 76.6 Å². The molecule has 15 atom stereocenters. The molecule has 0 amide bonds. The molecule has 6 aromatic heterocycles. The molecule has 0 spiro atoms. The molecule has 9 aromatic rings. The highest BCUT2D eigenvalue weighted by molar-refractivity contribution is 6.34. The number of benzene rings is 3. The van der Waals surface area contributed by atoms with Crippen LogP contribution in [0.25, 0.3) is 33.1 Å². The average Bonchev–Trinajstić information content (AvgIpc) is 1.57. The van der Waals surface area contributed by atoms with E-state index < -0.39 is 115 Å². The van der Waals surface area contributed by atoms with Gasteiger partial charge in [0.25, 0.3) is 0 Å². The monoisotopic (exact) mass is 1420 g/mol. The van der Waals surface area contributed by atoms with Crippen LogP contribution in [0, 0.1) is 31.3 Å². The van der Waals surface area contributed by atoms with Crippen LogP contribution in [0.2, 0.25) is 20.2 Å². The van der Waals surface area contributed by atoms with Crippen molar-refractivity contribution in [2.75, 3.05) is 19.8 Å². The van der Waals surface area contributed by atoms with Gasteiger partial charge in [0, 0.05) is 29.4 Å². The van der Waals surface area contributed by atoms with Crippen molar-refractivity contribution in [3.05, 3.63) is 175 Å². The van der Waals surface area contributed by atoms with Gasteiger partial charge in [-0.05, 0) is 131 Å². The summed E-state index contributed by atoms with van der Waals surface area (Å²) >= 11 is 24.2. The Kier molecular flexibility index (Phi) is 20.7. The number of aromatic nitrogens is 9. The zero-order chi connectivity index (χ0) is 64.7. The van der Waals surface area contributed by atoms with Crippen molar-refractivity contribution in [1.29, 1.82) is 0 Å². The Morgan fingerprint density at radius 1 is 0.423 bits per heavy atom. The van der Waals surface area contributed by atoms with Gasteiger partial charge in [-0.25, -0.2) is 43.1 Å². The number of rotatable bonds is 6. The van der Waals surface area contributed by atoms with Crippen LogP contribution in [0.1, 0.15) is 139 Å². The highest BCUT2D eigenvalue weighted by Crippen LogP contribution is 2.52. The van der Waals surface area contributed by atoms with E-state index in [1.807, 2.05) is 87.3 Å². The summed E-state index contributed by atoms with van der Waals surface area (Å²) in [4.78, 5) is 25.6. The fourth-order valence-electron chi connectivity index (χ4n) is 14.4. The lowest BCUT2D eigenvalue weighted by Crippen LogP contribution is -2.37. The second-order valence-corrected chi connectivity index (χ2v) is 26.5. The van der Waals surface area contributed by atoms with Crippen LogP contribution >= 0.6 is 46.4 Å². The Morgan fingerprint density at radius 3 is 1.18 bits per heavy atom. The van der Waals surface area contributed by atoms with Crippen molar-refractivity contribution in [2.24, 2.45) is 0 Å². The normalized spacial score (nSPS) is 29.3. The Balaban J connectivity index is 0.000000145. The number of aliphatic hydroxyl groups excluding tert-OH is 2. The second-order valence-electron chi connectivity index (χ2n) is 25.0. The molecule has 0 radical (unpaired) electrons. The Labute approximate surface area is 579 Å². The van der Waals surface area contributed by atoms with Gasteiger partial charge in [0.15, 0.2) is 30.3 Å². The summed E-state index contributed by atoms with van der Waals surface area (Å²) in [6, 6.07) is 15.5. The summed E-state index contributed by atoms with van der Waals surface area (Å²) in [6.45, 7) is 12.3. The number of nitrogens with zero attached hydrogens (tertiary/aromatic N) is 9. The van der Waals surface area contributed by atoms with Crippen LogP contribution < -0.4 is 0 Å². The number of aryl methyl sites for hydroxylation is 2. The maximum absolute atomic E-state index is 14.7. The van der Waals surface area contributed by atoms with Gasteiger partial charge >= 0.3 is 0 Å². The molecule has 28 heteroatoms. The number of fused-ring (bicyclic) bond motifs is 8. The highest BCUT2D eigenvalue weighted by Gasteiger charge is 2.61. The smallest absolute Gasteiger partial charge is 0.164 e. The van der Waals surface area contributed by atoms with Crippen molar-refractivity contribution < 1.29 is 70.8 Å². The van der Waals surface area contributed by atoms with Gasteiger partial charge in [-0.15, -0.1) is 0 Å². The minimum atomic E-state index is -1.23. The van der Waals surface area contributed by atoms with Crippen molar-refractivity contribution in [2.45, 2.75) is 194 Å². The van der Waals surface area contributed by atoms with Crippen LogP contribution in [0.4, 0.5) is 13.2 Å². The molecule has 8 aliphatic rings. The van der Waals surface area contributed by atoms with Crippen LogP contribution in [0.5, 0.6) is 0 Å². The molecule has 21 nitrogen and oxygen atoms in total. The SMILES string of the molecule is C.C.C.C.CC1(C)O[C@H]2[C@@H](O1)[C@H](n1ccc3c(Cl)ncnc31)O[C@@H]2[C@@H]1OCCc2c1ccc(Cl)c2F.Cc1ncnc2c1ccn2[C@@H]1O[C@H]([C@@H]2OCCc3c2ccc(Cl)c3F)[C@@H](O)[C@H]1O.Cc1ncnc2c1ccn2[C@@H]1O[C@H]([C@@H]2OCCc3c2ccc(Cl)c3F)[C@H]2OC(C)(C)O[C@H]21. The predicted octanol–water partition coefficient (Wildman–Crippen LogP) is 13.9. The highest BCUT2D eigenvalue weighted by atomic mass is 35.5. The number of hydrogen-bond donors (Lipinski definition) is 2. The van der Waals surface area contributed by atoms with Crippen molar-refractivity contribution in [3.63, 3.8) is 0 Å². The third kappa shape index (κ3) is 12.5. The maximum atomic E-state index is 14.7. The van der Waals surface area contributed by atoms with Crippen LogP contribution in [0.15, 0.2) is 92.2 Å². The van der Waals surface area contributed by atoms with Crippen molar-refractivity contribution >= 4 is 79.5 Å².